The van der Waals surface area contributed by atoms with Crippen LogP contribution in [0.5, 0.6) is 11.5 Å². The van der Waals surface area contributed by atoms with Crippen LogP contribution in [0.2, 0.25) is 0 Å². The summed E-state index contributed by atoms with van der Waals surface area (Å²) in [7, 11) is 0. The van der Waals surface area contributed by atoms with Crippen molar-refractivity contribution in [2.45, 2.75) is 69.6 Å². The Morgan fingerprint density at radius 2 is 2.00 bits per heavy atom. The number of carbonyl (C=O) groups is 1. The van der Waals surface area contributed by atoms with E-state index in [4.69, 9.17) is 19.2 Å². The smallest absolute Gasteiger partial charge is 0.223 e. The van der Waals surface area contributed by atoms with E-state index >= 15 is 0 Å². The molecule has 1 unspecified atom stereocenters. The number of nitrogens with one attached hydrogen (secondary N) is 1. The Bertz CT molecular complexity index is 725. The van der Waals surface area contributed by atoms with Gasteiger partial charge in [-0.2, -0.15) is 0 Å². The summed E-state index contributed by atoms with van der Waals surface area (Å²) in [6, 6.07) is 5.68. The van der Waals surface area contributed by atoms with E-state index in [1.165, 1.54) is 19.3 Å². The van der Waals surface area contributed by atoms with Crippen molar-refractivity contribution in [2.75, 3.05) is 6.61 Å². The molecule has 1 atom stereocenters. The van der Waals surface area contributed by atoms with Crippen LogP contribution in [-0.2, 0) is 21.1 Å². The fourth-order valence-corrected chi connectivity index (χ4v) is 4.25. The maximum atomic E-state index is 12.5. The molecule has 1 N–H and O–H groups in total. The van der Waals surface area contributed by atoms with Crippen LogP contribution < -0.4 is 14.8 Å². The molecule has 146 valence electrons. The highest BCUT2D eigenvalue weighted by atomic mass is 17.2. The molecule has 2 heterocycles. The number of rotatable bonds is 4. The fraction of sp³-hybridized carbons (Fsp3) is 0.571. The van der Waals surface area contributed by atoms with Crippen molar-refractivity contribution in [3.8, 4) is 11.5 Å². The number of fused-ring (bicyclic) bond motifs is 1. The van der Waals surface area contributed by atoms with Gasteiger partial charge in [0.25, 0.3) is 0 Å². The molecule has 6 heteroatoms. The summed E-state index contributed by atoms with van der Waals surface area (Å²) in [6.07, 6.45) is 10.2. The van der Waals surface area contributed by atoms with Crippen LogP contribution in [0, 0.1) is 0 Å². The van der Waals surface area contributed by atoms with Gasteiger partial charge in [-0.25, -0.2) is 9.78 Å². The van der Waals surface area contributed by atoms with Gasteiger partial charge in [-0.1, -0.05) is 25.3 Å². The van der Waals surface area contributed by atoms with Crippen LogP contribution in [0.25, 0.3) is 0 Å². The fourth-order valence-electron chi connectivity index (χ4n) is 4.25. The molecule has 1 aliphatic carbocycles. The van der Waals surface area contributed by atoms with Gasteiger partial charge in [0, 0.05) is 13.0 Å². The van der Waals surface area contributed by atoms with Crippen molar-refractivity contribution in [1.29, 1.82) is 0 Å². The molecule has 0 aromatic heterocycles. The van der Waals surface area contributed by atoms with Gasteiger partial charge in [-0.05, 0) is 43.5 Å². The molecule has 1 aromatic rings. The van der Waals surface area contributed by atoms with Crippen LogP contribution in [0.4, 0.5) is 0 Å². The van der Waals surface area contributed by atoms with Gasteiger partial charge in [-0.15, -0.1) is 0 Å². The zero-order valence-corrected chi connectivity index (χ0v) is 15.8. The second kappa shape index (κ2) is 7.52. The SMILES string of the molecule is CC1(CC(=O)NCc2ccc3c(c2)OCC=CO3)CC2(CCCCC2)OO1. The molecule has 1 saturated carbocycles. The molecule has 0 bridgehead atoms. The van der Waals surface area contributed by atoms with Gasteiger partial charge in [-0.3, -0.25) is 4.79 Å². The molecule has 1 amide bonds. The van der Waals surface area contributed by atoms with Gasteiger partial charge in [0.05, 0.1) is 12.7 Å². The highest BCUT2D eigenvalue weighted by Gasteiger charge is 2.50. The van der Waals surface area contributed by atoms with Gasteiger partial charge in [0.1, 0.15) is 17.8 Å². The summed E-state index contributed by atoms with van der Waals surface area (Å²) < 4.78 is 11.1. The van der Waals surface area contributed by atoms with Gasteiger partial charge in [0.15, 0.2) is 11.5 Å². The summed E-state index contributed by atoms with van der Waals surface area (Å²) in [5, 5.41) is 2.98. The molecule has 27 heavy (non-hydrogen) atoms. The lowest BCUT2D eigenvalue weighted by molar-refractivity contribution is -0.351. The van der Waals surface area contributed by atoms with Crippen molar-refractivity contribution in [3.05, 3.63) is 36.1 Å². The Labute approximate surface area is 159 Å². The summed E-state index contributed by atoms with van der Waals surface area (Å²) >= 11 is 0. The minimum Gasteiger partial charge on any atom is -0.485 e. The number of carbonyl (C=O) groups excluding carboxylic acids is 1. The third-order valence-corrected chi connectivity index (χ3v) is 5.54. The van der Waals surface area contributed by atoms with Crippen LogP contribution in [0.1, 0.15) is 57.4 Å². The normalized spacial score (nSPS) is 26.0. The van der Waals surface area contributed by atoms with Crippen LogP contribution >= 0.6 is 0 Å². The second-order valence-electron chi connectivity index (χ2n) is 8.07. The molecule has 0 radical (unpaired) electrons. The topological polar surface area (TPSA) is 66.0 Å². The highest BCUT2D eigenvalue weighted by Crippen LogP contribution is 2.46. The first-order valence-corrected chi connectivity index (χ1v) is 9.77. The zero-order valence-electron chi connectivity index (χ0n) is 15.8. The number of hydrogen-bond acceptors (Lipinski definition) is 5. The summed E-state index contributed by atoms with van der Waals surface area (Å²) in [5.41, 5.74) is 0.220. The molecule has 1 saturated heterocycles. The molecular weight excluding hydrogens is 346 g/mol. The van der Waals surface area contributed by atoms with Crippen LogP contribution in [-0.4, -0.2) is 23.7 Å². The van der Waals surface area contributed by atoms with Gasteiger partial charge < -0.3 is 14.8 Å². The molecule has 4 rings (SSSR count). The Balaban J connectivity index is 1.30. The first-order chi connectivity index (χ1) is 13.1. The molecule has 6 nitrogen and oxygen atoms in total. The molecule has 2 fully saturated rings. The summed E-state index contributed by atoms with van der Waals surface area (Å²) in [4.78, 5) is 23.8. The Morgan fingerprint density at radius 1 is 1.15 bits per heavy atom. The molecule has 2 aliphatic heterocycles. The Morgan fingerprint density at radius 3 is 2.85 bits per heavy atom. The first-order valence-electron chi connectivity index (χ1n) is 9.77. The monoisotopic (exact) mass is 373 g/mol. The summed E-state index contributed by atoms with van der Waals surface area (Å²) in [5.74, 6) is 1.33. The van der Waals surface area contributed by atoms with Gasteiger partial charge >= 0.3 is 0 Å². The summed E-state index contributed by atoms with van der Waals surface area (Å²) in [6.45, 7) is 2.88. The van der Waals surface area contributed by atoms with Crippen LogP contribution in [0.15, 0.2) is 30.5 Å². The second-order valence-corrected chi connectivity index (χ2v) is 8.07. The van der Waals surface area contributed by atoms with E-state index in [1.807, 2.05) is 31.2 Å². The molecule has 1 aromatic carbocycles. The zero-order chi connectivity index (χ0) is 18.7. The Hall–Kier alpha value is -2.05. The number of ether oxygens (including phenoxy) is 2. The van der Waals surface area contributed by atoms with Crippen molar-refractivity contribution in [2.24, 2.45) is 0 Å². The average molecular weight is 373 g/mol. The first kappa shape index (κ1) is 18.3. The van der Waals surface area contributed by atoms with E-state index in [2.05, 4.69) is 5.32 Å². The van der Waals surface area contributed by atoms with E-state index in [9.17, 15) is 4.79 Å². The maximum Gasteiger partial charge on any atom is 0.223 e. The lowest BCUT2D eigenvalue weighted by Gasteiger charge is -2.30. The highest BCUT2D eigenvalue weighted by molar-refractivity contribution is 5.77. The van der Waals surface area contributed by atoms with Crippen molar-refractivity contribution in [1.82, 2.24) is 5.32 Å². The third-order valence-electron chi connectivity index (χ3n) is 5.54. The lowest BCUT2D eigenvalue weighted by Crippen LogP contribution is -2.37. The number of hydrogen-bond donors (Lipinski definition) is 1. The van der Waals surface area contributed by atoms with Crippen molar-refractivity contribution >= 4 is 5.91 Å². The lowest BCUT2D eigenvalue weighted by atomic mass is 9.77. The predicted octanol–water partition coefficient (Wildman–Crippen LogP) is 3.79. The Kier molecular flexibility index (Phi) is 5.10. The maximum absolute atomic E-state index is 12.5. The number of amides is 1. The van der Waals surface area contributed by atoms with E-state index in [0.717, 1.165) is 24.8 Å². The third kappa shape index (κ3) is 4.28. The van der Waals surface area contributed by atoms with Gasteiger partial charge in [0.2, 0.25) is 5.91 Å². The quantitative estimate of drug-likeness (QED) is 0.814. The van der Waals surface area contributed by atoms with E-state index in [0.29, 0.717) is 31.1 Å². The van der Waals surface area contributed by atoms with Crippen molar-refractivity contribution < 1.29 is 24.0 Å². The minimum absolute atomic E-state index is 0.0391. The standard InChI is InChI=1S/C21H27NO5/c1-20(15-21(27-26-20)8-3-2-4-9-21)13-19(23)22-14-16-6-7-17-18(12-16)25-11-5-10-24-17/h5-7,10,12H,2-4,8-9,11,13-15H2,1H3,(H,22,23). The molecule has 1 spiro atoms. The van der Waals surface area contributed by atoms with Crippen LogP contribution in [0.3, 0.4) is 0 Å². The number of benzene rings is 1. The minimum atomic E-state index is -0.558. The van der Waals surface area contributed by atoms with E-state index < -0.39 is 5.60 Å². The molecule has 3 aliphatic rings. The molecular formula is C21H27NO5. The predicted molar refractivity (Wildman–Crippen MR) is 99.2 cm³/mol. The van der Waals surface area contributed by atoms with E-state index in [-0.39, 0.29) is 11.5 Å². The average Bonchev–Trinajstić information content (AvgIpc) is 2.84. The van der Waals surface area contributed by atoms with Crippen molar-refractivity contribution in [3.63, 3.8) is 0 Å². The largest absolute Gasteiger partial charge is 0.485 e. The van der Waals surface area contributed by atoms with E-state index in [1.54, 1.807) is 6.26 Å².